The van der Waals surface area contributed by atoms with Crippen molar-refractivity contribution in [3.8, 4) is 5.69 Å². The minimum Gasteiger partial charge on any atom is -0.349 e. The Morgan fingerprint density at radius 2 is 1.86 bits per heavy atom. The molecule has 1 heterocycles. The molecule has 0 unspecified atom stereocenters. The van der Waals surface area contributed by atoms with E-state index >= 15 is 0 Å². The fraction of sp³-hybridized carbons (Fsp3) is 0.474. The number of nitrogens with one attached hydrogen (secondary N) is 2. The summed E-state index contributed by atoms with van der Waals surface area (Å²) >= 11 is 0. The number of hydrogen-bond acceptors (Lipinski definition) is 5. The summed E-state index contributed by atoms with van der Waals surface area (Å²) in [6.07, 6.45) is 9.14. The Bertz CT molecular complexity index is 787. The second kappa shape index (κ2) is 10.8. The smallest absolute Gasteiger partial charge is 0.294 e. The molecule has 2 N–H and O–H groups in total. The van der Waals surface area contributed by atoms with Crippen molar-refractivity contribution < 1.29 is 9.72 Å². The van der Waals surface area contributed by atoms with Gasteiger partial charge < -0.3 is 10.6 Å². The summed E-state index contributed by atoms with van der Waals surface area (Å²) in [6.45, 7) is 1.24. The first-order valence-corrected chi connectivity index (χ1v) is 9.46. The van der Waals surface area contributed by atoms with Crippen LogP contribution in [0.5, 0.6) is 0 Å². The molecule has 28 heavy (non-hydrogen) atoms. The van der Waals surface area contributed by atoms with Gasteiger partial charge in [-0.1, -0.05) is 37.8 Å². The largest absolute Gasteiger partial charge is 0.349 e. The SMILES string of the molecule is Cl.O=C(NCCNC1CCCCCC1)c1ccn(-c2ccccc2[N+](=O)[O-])n1. The van der Waals surface area contributed by atoms with Gasteiger partial charge in [-0.2, -0.15) is 5.10 Å². The maximum atomic E-state index is 12.3. The van der Waals surface area contributed by atoms with E-state index in [2.05, 4.69) is 15.7 Å². The van der Waals surface area contributed by atoms with Gasteiger partial charge in [-0.15, -0.1) is 12.4 Å². The van der Waals surface area contributed by atoms with Crippen LogP contribution in [0.15, 0.2) is 36.5 Å². The van der Waals surface area contributed by atoms with Crippen LogP contribution in [-0.2, 0) is 0 Å². The molecule has 0 atom stereocenters. The van der Waals surface area contributed by atoms with Crippen molar-refractivity contribution in [1.29, 1.82) is 0 Å². The maximum absolute atomic E-state index is 12.3. The third-order valence-corrected chi connectivity index (χ3v) is 4.85. The van der Waals surface area contributed by atoms with Gasteiger partial charge in [0.15, 0.2) is 5.69 Å². The van der Waals surface area contributed by atoms with Gasteiger partial charge in [0, 0.05) is 31.4 Å². The number of nitrogens with zero attached hydrogens (tertiary/aromatic N) is 3. The number of halogens is 1. The molecule has 1 saturated carbocycles. The monoisotopic (exact) mass is 407 g/mol. The summed E-state index contributed by atoms with van der Waals surface area (Å²) < 4.78 is 1.36. The Labute approximate surface area is 170 Å². The third-order valence-electron chi connectivity index (χ3n) is 4.85. The molecule has 2 aromatic rings. The third kappa shape index (κ3) is 5.77. The molecule has 152 valence electrons. The summed E-state index contributed by atoms with van der Waals surface area (Å²) in [4.78, 5) is 22.9. The highest BCUT2D eigenvalue weighted by atomic mass is 35.5. The number of para-hydroxylation sites is 2. The number of rotatable bonds is 7. The summed E-state index contributed by atoms with van der Waals surface area (Å²) in [7, 11) is 0. The van der Waals surface area contributed by atoms with E-state index in [9.17, 15) is 14.9 Å². The van der Waals surface area contributed by atoms with Gasteiger partial charge in [-0.05, 0) is 25.0 Å². The van der Waals surface area contributed by atoms with Gasteiger partial charge in [-0.25, -0.2) is 4.68 Å². The molecule has 1 aliphatic rings. The molecule has 0 bridgehead atoms. The molecule has 9 heteroatoms. The average molecular weight is 408 g/mol. The summed E-state index contributed by atoms with van der Waals surface area (Å²) in [5.41, 5.74) is 0.513. The van der Waals surface area contributed by atoms with Crippen molar-refractivity contribution in [3.05, 3.63) is 52.3 Å². The van der Waals surface area contributed by atoms with Crippen LogP contribution in [0, 0.1) is 10.1 Å². The molecule has 8 nitrogen and oxygen atoms in total. The van der Waals surface area contributed by atoms with Crippen LogP contribution in [0.1, 0.15) is 49.0 Å². The summed E-state index contributed by atoms with van der Waals surface area (Å²) in [5.74, 6) is -0.282. The van der Waals surface area contributed by atoms with E-state index in [4.69, 9.17) is 0 Å². The quantitative estimate of drug-likeness (QED) is 0.317. The van der Waals surface area contributed by atoms with E-state index in [0.717, 1.165) is 6.54 Å². The zero-order chi connectivity index (χ0) is 19.1. The van der Waals surface area contributed by atoms with Gasteiger partial charge in [0.25, 0.3) is 11.6 Å². The van der Waals surface area contributed by atoms with E-state index < -0.39 is 4.92 Å². The molecule has 0 spiro atoms. The van der Waals surface area contributed by atoms with Crippen molar-refractivity contribution >= 4 is 24.0 Å². The molecular weight excluding hydrogens is 382 g/mol. The lowest BCUT2D eigenvalue weighted by Gasteiger charge is -2.16. The highest BCUT2D eigenvalue weighted by molar-refractivity contribution is 5.92. The number of hydrogen-bond donors (Lipinski definition) is 2. The number of aromatic nitrogens is 2. The molecule has 1 aromatic carbocycles. The molecule has 1 aromatic heterocycles. The summed E-state index contributed by atoms with van der Waals surface area (Å²) in [5, 5.41) is 21.7. The maximum Gasteiger partial charge on any atom is 0.294 e. The molecular formula is C19H26ClN5O3. The first kappa shape index (κ1) is 21.8. The van der Waals surface area contributed by atoms with Crippen molar-refractivity contribution in [2.24, 2.45) is 0 Å². The number of amides is 1. The molecule has 0 radical (unpaired) electrons. The Morgan fingerprint density at radius 1 is 1.14 bits per heavy atom. The van der Waals surface area contributed by atoms with Crippen LogP contribution in [-0.4, -0.2) is 39.7 Å². The van der Waals surface area contributed by atoms with Crippen LogP contribution in [0.25, 0.3) is 5.69 Å². The van der Waals surface area contributed by atoms with Crippen LogP contribution >= 0.6 is 12.4 Å². The molecule has 0 saturated heterocycles. The van der Waals surface area contributed by atoms with Crippen molar-refractivity contribution in [1.82, 2.24) is 20.4 Å². The lowest BCUT2D eigenvalue weighted by atomic mass is 10.1. The second-order valence-corrected chi connectivity index (χ2v) is 6.79. The van der Waals surface area contributed by atoms with Crippen LogP contribution in [0.3, 0.4) is 0 Å². The predicted molar refractivity (Wildman–Crippen MR) is 109 cm³/mol. The molecule has 0 aliphatic heterocycles. The topological polar surface area (TPSA) is 102 Å². The van der Waals surface area contributed by atoms with E-state index in [1.54, 1.807) is 30.5 Å². The standard InChI is InChI=1S/C19H25N5O3.ClH/c25-19(21-13-12-20-15-7-3-1-2-4-8-15)16-11-14-23(22-16)17-9-5-6-10-18(17)24(26)27;/h5-6,9-11,14-15,20H,1-4,7-8,12-13H2,(H,21,25);1H. The first-order chi connectivity index (χ1) is 13.1. The van der Waals surface area contributed by atoms with E-state index in [1.807, 2.05) is 0 Å². The molecule has 1 aliphatic carbocycles. The van der Waals surface area contributed by atoms with Crippen molar-refractivity contribution in [2.45, 2.75) is 44.6 Å². The number of carbonyl (C=O) groups excluding carboxylic acids is 1. The fourth-order valence-corrected chi connectivity index (χ4v) is 3.42. The predicted octanol–water partition coefficient (Wildman–Crippen LogP) is 3.24. The Morgan fingerprint density at radius 3 is 2.57 bits per heavy atom. The zero-order valence-electron chi connectivity index (χ0n) is 15.7. The van der Waals surface area contributed by atoms with E-state index in [0.29, 0.717) is 18.3 Å². The minimum atomic E-state index is -0.462. The lowest BCUT2D eigenvalue weighted by molar-refractivity contribution is -0.384. The first-order valence-electron chi connectivity index (χ1n) is 9.46. The minimum absolute atomic E-state index is 0. The van der Waals surface area contributed by atoms with Crippen LogP contribution < -0.4 is 10.6 Å². The van der Waals surface area contributed by atoms with Gasteiger partial charge in [0.05, 0.1) is 4.92 Å². The summed E-state index contributed by atoms with van der Waals surface area (Å²) in [6, 6.07) is 8.41. The van der Waals surface area contributed by atoms with Gasteiger partial charge in [0.2, 0.25) is 0 Å². The molecule has 1 amide bonds. The Kier molecular flexibility index (Phi) is 8.41. The zero-order valence-corrected chi connectivity index (χ0v) is 16.5. The van der Waals surface area contributed by atoms with Gasteiger partial charge in [0.1, 0.15) is 5.69 Å². The van der Waals surface area contributed by atoms with Crippen LogP contribution in [0.4, 0.5) is 5.69 Å². The van der Waals surface area contributed by atoms with Gasteiger partial charge >= 0.3 is 0 Å². The lowest BCUT2D eigenvalue weighted by Crippen LogP contribution is -2.37. The highest BCUT2D eigenvalue weighted by Crippen LogP contribution is 2.21. The van der Waals surface area contributed by atoms with Gasteiger partial charge in [-0.3, -0.25) is 14.9 Å². The number of carbonyl (C=O) groups is 1. The highest BCUT2D eigenvalue weighted by Gasteiger charge is 2.17. The molecule has 1 fully saturated rings. The molecule has 3 rings (SSSR count). The fourth-order valence-electron chi connectivity index (χ4n) is 3.42. The van der Waals surface area contributed by atoms with Crippen molar-refractivity contribution in [2.75, 3.05) is 13.1 Å². The van der Waals surface area contributed by atoms with Crippen molar-refractivity contribution in [3.63, 3.8) is 0 Å². The Balaban J connectivity index is 0.00000280. The van der Waals surface area contributed by atoms with Crippen LogP contribution in [0.2, 0.25) is 0 Å². The number of nitro benzene ring substituents is 1. The number of benzene rings is 1. The number of nitro groups is 1. The second-order valence-electron chi connectivity index (χ2n) is 6.79. The van der Waals surface area contributed by atoms with E-state index in [1.165, 1.54) is 49.3 Å². The normalized spacial score (nSPS) is 14.7. The Hall–Kier alpha value is -2.45. The van der Waals surface area contributed by atoms with E-state index in [-0.39, 0.29) is 29.7 Å². The average Bonchev–Trinajstić information content (AvgIpc) is 3.03.